The van der Waals surface area contributed by atoms with Crippen molar-refractivity contribution in [1.82, 2.24) is 5.32 Å². The van der Waals surface area contributed by atoms with Gasteiger partial charge in [0, 0.05) is 19.3 Å². The summed E-state index contributed by atoms with van der Waals surface area (Å²) in [6, 6.07) is 7.12. The first kappa shape index (κ1) is 14.1. The lowest BCUT2D eigenvalue weighted by molar-refractivity contribution is 0.125. The molecule has 96 valence electrons. The van der Waals surface area contributed by atoms with Gasteiger partial charge in [0.15, 0.2) is 0 Å². The Balaban J connectivity index is 2.35. The van der Waals surface area contributed by atoms with Crippen LogP contribution in [0.4, 0.5) is 4.39 Å². The molecule has 1 unspecified atom stereocenters. The smallest absolute Gasteiger partial charge is 0.123 e. The molecule has 0 fully saturated rings. The third-order valence-electron chi connectivity index (χ3n) is 2.74. The van der Waals surface area contributed by atoms with E-state index < -0.39 is 0 Å². The summed E-state index contributed by atoms with van der Waals surface area (Å²) in [6.45, 7) is 3.67. The van der Waals surface area contributed by atoms with E-state index in [0.29, 0.717) is 6.04 Å². The van der Waals surface area contributed by atoms with Gasteiger partial charge in [0.1, 0.15) is 5.82 Å². The summed E-state index contributed by atoms with van der Waals surface area (Å²) in [4.78, 5) is 0. The van der Waals surface area contributed by atoms with Crippen LogP contribution in [0, 0.1) is 5.82 Å². The van der Waals surface area contributed by atoms with Gasteiger partial charge in [0.25, 0.3) is 0 Å². The molecule has 1 aromatic rings. The lowest BCUT2D eigenvalue weighted by atomic mass is 10.0. The van der Waals surface area contributed by atoms with Gasteiger partial charge in [0.05, 0.1) is 0 Å². The molecule has 0 aliphatic rings. The number of halogens is 1. The standard InChI is InChI=1S/C14H22FNO/c1-3-8-17-9-7-14(16-2)11-12-5-4-6-13(15)10-12/h4-6,10,14,16H,3,7-9,11H2,1-2H3. The summed E-state index contributed by atoms with van der Waals surface area (Å²) >= 11 is 0. The highest BCUT2D eigenvalue weighted by molar-refractivity contribution is 5.17. The normalized spacial score (nSPS) is 12.6. The van der Waals surface area contributed by atoms with Crippen molar-refractivity contribution in [1.29, 1.82) is 0 Å². The Morgan fingerprint density at radius 3 is 2.82 bits per heavy atom. The Kier molecular flexibility index (Phi) is 6.82. The highest BCUT2D eigenvalue weighted by Crippen LogP contribution is 2.08. The molecular weight excluding hydrogens is 217 g/mol. The number of ether oxygens (including phenoxy) is 1. The first-order valence-electron chi connectivity index (χ1n) is 6.25. The van der Waals surface area contributed by atoms with Crippen LogP contribution in [-0.4, -0.2) is 26.3 Å². The summed E-state index contributed by atoms with van der Waals surface area (Å²) < 4.78 is 18.5. The molecule has 0 saturated carbocycles. The van der Waals surface area contributed by atoms with Crippen LogP contribution < -0.4 is 5.32 Å². The summed E-state index contributed by atoms with van der Waals surface area (Å²) in [5.74, 6) is -0.167. The molecule has 0 aliphatic carbocycles. The molecule has 1 aromatic carbocycles. The van der Waals surface area contributed by atoms with Crippen molar-refractivity contribution in [2.75, 3.05) is 20.3 Å². The van der Waals surface area contributed by atoms with Crippen molar-refractivity contribution in [3.63, 3.8) is 0 Å². The average Bonchev–Trinajstić information content (AvgIpc) is 2.33. The fourth-order valence-electron chi connectivity index (χ4n) is 1.77. The number of rotatable bonds is 8. The molecule has 3 heteroatoms. The van der Waals surface area contributed by atoms with Crippen molar-refractivity contribution in [2.24, 2.45) is 0 Å². The van der Waals surface area contributed by atoms with Crippen molar-refractivity contribution in [2.45, 2.75) is 32.2 Å². The van der Waals surface area contributed by atoms with E-state index in [0.717, 1.165) is 38.0 Å². The van der Waals surface area contributed by atoms with Crippen LogP contribution >= 0.6 is 0 Å². The molecule has 2 nitrogen and oxygen atoms in total. The Morgan fingerprint density at radius 2 is 2.18 bits per heavy atom. The van der Waals surface area contributed by atoms with E-state index in [1.54, 1.807) is 12.1 Å². The van der Waals surface area contributed by atoms with E-state index in [1.807, 2.05) is 13.1 Å². The monoisotopic (exact) mass is 239 g/mol. The molecule has 1 rings (SSSR count). The molecular formula is C14H22FNO. The fraction of sp³-hybridized carbons (Fsp3) is 0.571. The molecule has 0 saturated heterocycles. The highest BCUT2D eigenvalue weighted by Gasteiger charge is 2.07. The molecule has 0 spiro atoms. The Bertz CT molecular complexity index is 317. The number of hydrogen-bond acceptors (Lipinski definition) is 2. The van der Waals surface area contributed by atoms with Crippen LogP contribution in [-0.2, 0) is 11.2 Å². The summed E-state index contributed by atoms with van der Waals surface area (Å²) in [7, 11) is 1.93. The van der Waals surface area contributed by atoms with E-state index in [-0.39, 0.29) is 5.82 Å². The first-order valence-corrected chi connectivity index (χ1v) is 6.25. The van der Waals surface area contributed by atoms with Crippen molar-refractivity contribution in [3.8, 4) is 0 Å². The van der Waals surface area contributed by atoms with Gasteiger partial charge in [-0.15, -0.1) is 0 Å². The third-order valence-corrected chi connectivity index (χ3v) is 2.74. The van der Waals surface area contributed by atoms with E-state index in [9.17, 15) is 4.39 Å². The van der Waals surface area contributed by atoms with Gasteiger partial charge in [-0.25, -0.2) is 4.39 Å². The highest BCUT2D eigenvalue weighted by atomic mass is 19.1. The molecule has 0 bridgehead atoms. The van der Waals surface area contributed by atoms with Gasteiger partial charge in [-0.1, -0.05) is 19.1 Å². The predicted molar refractivity (Wildman–Crippen MR) is 68.7 cm³/mol. The third kappa shape index (κ3) is 5.80. The van der Waals surface area contributed by atoms with Gasteiger partial charge in [0.2, 0.25) is 0 Å². The number of nitrogens with one attached hydrogen (secondary N) is 1. The van der Waals surface area contributed by atoms with Crippen LogP contribution in [0.1, 0.15) is 25.3 Å². The van der Waals surface area contributed by atoms with Crippen LogP contribution in [0.5, 0.6) is 0 Å². The molecule has 0 aliphatic heterocycles. The zero-order valence-electron chi connectivity index (χ0n) is 10.7. The fourth-order valence-corrected chi connectivity index (χ4v) is 1.77. The topological polar surface area (TPSA) is 21.3 Å². The number of likely N-dealkylation sites (N-methyl/N-ethyl adjacent to an activating group) is 1. The number of hydrogen-bond donors (Lipinski definition) is 1. The van der Waals surface area contributed by atoms with Crippen molar-refractivity contribution < 1.29 is 9.13 Å². The van der Waals surface area contributed by atoms with Crippen molar-refractivity contribution >= 4 is 0 Å². The van der Waals surface area contributed by atoms with Crippen LogP contribution in [0.3, 0.4) is 0 Å². The van der Waals surface area contributed by atoms with E-state index in [2.05, 4.69) is 12.2 Å². The van der Waals surface area contributed by atoms with Gasteiger partial charge in [-0.2, -0.15) is 0 Å². The maximum atomic E-state index is 13.0. The van der Waals surface area contributed by atoms with Gasteiger partial charge in [-0.3, -0.25) is 0 Å². The Labute approximate surface area is 103 Å². The SMILES string of the molecule is CCCOCCC(Cc1cccc(F)c1)NC. The van der Waals surface area contributed by atoms with Crippen LogP contribution in [0.15, 0.2) is 24.3 Å². The summed E-state index contributed by atoms with van der Waals surface area (Å²) in [5.41, 5.74) is 1.03. The molecule has 17 heavy (non-hydrogen) atoms. The molecule has 0 aromatic heterocycles. The van der Waals surface area contributed by atoms with E-state index >= 15 is 0 Å². The minimum Gasteiger partial charge on any atom is -0.381 e. The van der Waals surface area contributed by atoms with E-state index in [4.69, 9.17) is 4.74 Å². The molecule has 0 radical (unpaired) electrons. The second kappa shape index (κ2) is 8.20. The van der Waals surface area contributed by atoms with E-state index in [1.165, 1.54) is 6.07 Å². The first-order chi connectivity index (χ1) is 8.26. The van der Waals surface area contributed by atoms with Gasteiger partial charge in [-0.05, 0) is 44.0 Å². The summed E-state index contributed by atoms with van der Waals surface area (Å²) in [6.07, 6.45) is 2.84. The predicted octanol–water partition coefficient (Wildman–Crippen LogP) is 2.77. The largest absolute Gasteiger partial charge is 0.381 e. The minimum atomic E-state index is -0.167. The quantitative estimate of drug-likeness (QED) is 0.704. The van der Waals surface area contributed by atoms with Crippen LogP contribution in [0.2, 0.25) is 0 Å². The lowest BCUT2D eigenvalue weighted by Gasteiger charge is -2.16. The zero-order chi connectivity index (χ0) is 12.5. The van der Waals surface area contributed by atoms with Crippen LogP contribution in [0.25, 0.3) is 0 Å². The molecule has 0 amide bonds. The second-order valence-electron chi connectivity index (χ2n) is 4.22. The summed E-state index contributed by atoms with van der Waals surface area (Å²) in [5, 5.41) is 3.24. The average molecular weight is 239 g/mol. The second-order valence-corrected chi connectivity index (χ2v) is 4.22. The van der Waals surface area contributed by atoms with Crippen molar-refractivity contribution in [3.05, 3.63) is 35.6 Å². The van der Waals surface area contributed by atoms with Gasteiger partial charge < -0.3 is 10.1 Å². The number of benzene rings is 1. The van der Waals surface area contributed by atoms with Gasteiger partial charge >= 0.3 is 0 Å². The maximum Gasteiger partial charge on any atom is 0.123 e. The Hall–Kier alpha value is -0.930. The maximum absolute atomic E-state index is 13.0. The molecule has 1 N–H and O–H groups in total. The Morgan fingerprint density at radius 1 is 1.35 bits per heavy atom. The molecule has 0 heterocycles. The molecule has 1 atom stereocenters. The zero-order valence-corrected chi connectivity index (χ0v) is 10.7. The lowest BCUT2D eigenvalue weighted by Crippen LogP contribution is -2.29. The minimum absolute atomic E-state index is 0.167.